The summed E-state index contributed by atoms with van der Waals surface area (Å²) in [5.74, 6) is -0.856. The average molecular weight is 539 g/mol. The second-order valence-corrected chi connectivity index (χ2v) is 9.22. The molecule has 8 nitrogen and oxygen atoms in total. The molecule has 0 saturated heterocycles. The van der Waals surface area contributed by atoms with Crippen molar-refractivity contribution in [3.05, 3.63) is 99.5 Å². The molecule has 1 aliphatic rings. The van der Waals surface area contributed by atoms with Crippen LogP contribution in [-0.2, 0) is 27.5 Å². The number of nitrogens with two attached hydrogens (primary N) is 1. The Kier molecular flexibility index (Phi) is 8.32. The Hall–Kier alpha value is -4.01. The summed E-state index contributed by atoms with van der Waals surface area (Å²) in [6, 6.07) is 18.2. The molecule has 1 heterocycles. The molecule has 3 amide bonds. The molecule has 190 valence electrons. The molecule has 0 saturated carbocycles. The standard InChI is InChI=1S/C27H24Cl2N4O4/c28-19-12-21(29)25-18(11-24(34)32-20-8-6-16(7-9-20)14-31-27(30)36)10-23(33-22(25)13-19)26(35)37-15-17-4-2-1-3-5-17/h1-9,11-13,23,33H,10,14-15H2,(H,32,34)(H3,30,31,36). The number of esters is 1. The van der Waals surface area contributed by atoms with Gasteiger partial charge in [-0.05, 0) is 41.0 Å². The topological polar surface area (TPSA) is 123 Å². The first-order chi connectivity index (χ1) is 17.8. The van der Waals surface area contributed by atoms with E-state index in [1.807, 2.05) is 30.3 Å². The minimum Gasteiger partial charge on any atom is -0.459 e. The van der Waals surface area contributed by atoms with Crippen molar-refractivity contribution in [2.24, 2.45) is 5.73 Å². The molecule has 4 rings (SSSR count). The normalized spacial score (nSPS) is 15.3. The van der Waals surface area contributed by atoms with E-state index in [4.69, 9.17) is 33.7 Å². The molecule has 0 fully saturated rings. The summed E-state index contributed by atoms with van der Waals surface area (Å²) in [7, 11) is 0. The number of hydrogen-bond donors (Lipinski definition) is 4. The van der Waals surface area contributed by atoms with Crippen molar-refractivity contribution in [1.29, 1.82) is 0 Å². The largest absolute Gasteiger partial charge is 0.459 e. The Bertz CT molecular complexity index is 1340. The second kappa shape index (κ2) is 11.8. The lowest BCUT2D eigenvalue weighted by atomic mass is 9.91. The summed E-state index contributed by atoms with van der Waals surface area (Å²) in [6.07, 6.45) is 1.60. The number of nitrogens with one attached hydrogen (secondary N) is 3. The van der Waals surface area contributed by atoms with Gasteiger partial charge in [0.1, 0.15) is 12.6 Å². The predicted molar refractivity (Wildman–Crippen MR) is 144 cm³/mol. The van der Waals surface area contributed by atoms with Gasteiger partial charge in [0.2, 0.25) is 5.91 Å². The third kappa shape index (κ3) is 7.03. The Labute approximate surface area is 223 Å². The summed E-state index contributed by atoms with van der Waals surface area (Å²) >= 11 is 12.7. The van der Waals surface area contributed by atoms with Gasteiger partial charge in [-0.1, -0.05) is 65.7 Å². The van der Waals surface area contributed by atoms with Crippen molar-refractivity contribution in [1.82, 2.24) is 5.32 Å². The SMILES string of the molecule is NC(=O)NCc1ccc(NC(=O)C=C2CC(C(=O)OCc3ccccc3)Nc3cc(Cl)cc(Cl)c32)cc1. The number of carbonyl (C=O) groups is 3. The van der Waals surface area contributed by atoms with Crippen molar-refractivity contribution in [2.45, 2.75) is 25.6 Å². The van der Waals surface area contributed by atoms with Gasteiger partial charge < -0.3 is 26.4 Å². The van der Waals surface area contributed by atoms with Crippen LogP contribution < -0.4 is 21.7 Å². The molecule has 5 N–H and O–H groups in total. The molecule has 0 bridgehead atoms. The number of benzene rings is 3. The number of fused-ring (bicyclic) bond motifs is 1. The number of hydrogen-bond acceptors (Lipinski definition) is 5. The molecule has 3 aromatic carbocycles. The molecule has 37 heavy (non-hydrogen) atoms. The quantitative estimate of drug-likeness (QED) is 0.246. The van der Waals surface area contributed by atoms with Gasteiger partial charge in [0.05, 0.1) is 5.02 Å². The van der Waals surface area contributed by atoms with Crippen LogP contribution in [0.2, 0.25) is 10.0 Å². The highest BCUT2D eigenvalue weighted by Gasteiger charge is 2.30. The van der Waals surface area contributed by atoms with Gasteiger partial charge in [0.15, 0.2) is 0 Å². The van der Waals surface area contributed by atoms with E-state index in [0.717, 1.165) is 11.1 Å². The van der Waals surface area contributed by atoms with E-state index in [0.29, 0.717) is 32.6 Å². The van der Waals surface area contributed by atoms with Crippen LogP contribution in [-0.4, -0.2) is 23.9 Å². The van der Waals surface area contributed by atoms with Crippen LogP contribution in [0.3, 0.4) is 0 Å². The van der Waals surface area contributed by atoms with Crippen molar-refractivity contribution < 1.29 is 19.1 Å². The Morgan fingerprint density at radius 1 is 1.03 bits per heavy atom. The Balaban J connectivity index is 1.51. The first-order valence-electron chi connectivity index (χ1n) is 11.4. The minimum atomic E-state index is -0.734. The minimum absolute atomic E-state index is 0.130. The average Bonchev–Trinajstić information content (AvgIpc) is 2.86. The maximum absolute atomic E-state index is 12.9. The van der Waals surface area contributed by atoms with Crippen LogP contribution >= 0.6 is 23.2 Å². The molecule has 1 atom stereocenters. The number of rotatable bonds is 7. The molecule has 3 aromatic rings. The van der Waals surface area contributed by atoms with Gasteiger partial charge >= 0.3 is 12.0 Å². The van der Waals surface area contributed by atoms with Crippen LogP contribution in [0, 0.1) is 0 Å². The lowest BCUT2D eigenvalue weighted by Gasteiger charge is -2.28. The van der Waals surface area contributed by atoms with E-state index < -0.39 is 23.9 Å². The summed E-state index contributed by atoms with van der Waals surface area (Å²) < 4.78 is 5.51. The fraction of sp³-hybridized carbons (Fsp3) is 0.148. The van der Waals surface area contributed by atoms with Gasteiger partial charge in [-0.2, -0.15) is 0 Å². The first-order valence-corrected chi connectivity index (χ1v) is 12.1. The monoisotopic (exact) mass is 538 g/mol. The smallest absolute Gasteiger partial charge is 0.329 e. The van der Waals surface area contributed by atoms with E-state index in [9.17, 15) is 14.4 Å². The van der Waals surface area contributed by atoms with E-state index in [1.54, 1.807) is 36.4 Å². The highest BCUT2D eigenvalue weighted by atomic mass is 35.5. The number of halogens is 2. The van der Waals surface area contributed by atoms with Crippen LogP contribution in [0.15, 0.2) is 72.8 Å². The van der Waals surface area contributed by atoms with E-state index in [-0.39, 0.29) is 19.6 Å². The molecule has 0 aliphatic carbocycles. The zero-order valence-corrected chi connectivity index (χ0v) is 21.1. The van der Waals surface area contributed by atoms with Crippen molar-refractivity contribution >= 4 is 58.1 Å². The molecular formula is C27H24Cl2N4O4. The van der Waals surface area contributed by atoms with Crippen molar-refractivity contribution in [3.63, 3.8) is 0 Å². The molecule has 10 heteroatoms. The summed E-state index contributed by atoms with van der Waals surface area (Å²) in [5, 5.41) is 9.19. The third-order valence-electron chi connectivity index (χ3n) is 5.63. The van der Waals surface area contributed by atoms with E-state index in [1.165, 1.54) is 6.08 Å². The third-order valence-corrected chi connectivity index (χ3v) is 6.15. The van der Waals surface area contributed by atoms with Crippen LogP contribution in [0.4, 0.5) is 16.2 Å². The van der Waals surface area contributed by atoms with Gasteiger partial charge in [0.25, 0.3) is 0 Å². The number of primary amides is 1. The Morgan fingerprint density at radius 2 is 1.76 bits per heavy atom. The molecular weight excluding hydrogens is 515 g/mol. The fourth-order valence-electron chi connectivity index (χ4n) is 3.91. The maximum Gasteiger partial charge on any atom is 0.329 e. The second-order valence-electron chi connectivity index (χ2n) is 8.38. The lowest BCUT2D eigenvalue weighted by molar-refractivity contribution is -0.145. The maximum atomic E-state index is 12.9. The summed E-state index contributed by atoms with van der Waals surface area (Å²) in [6.45, 7) is 0.408. The molecule has 0 radical (unpaired) electrons. The number of urea groups is 1. The van der Waals surface area contributed by atoms with Gasteiger partial charge in [-0.25, -0.2) is 9.59 Å². The van der Waals surface area contributed by atoms with Crippen molar-refractivity contribution in [2.75, 3.05) is 10.6 Å². The summed E-state index contributed by atoms with van der Waals surface area (Å²) in [5.41, 5.74) is 9.03. The molecule has 0 aromatic heterocycles. The molecule has 0 spiro atoms. The van der Waals surface area contributed by atoms with Crippen molar-refractivity contribution in [3.8, 4) is 0 Å². The van der Waals surface area contributed by atoms with Crippen LogP contribution in [0.5, 0.6) is 0 Å². The van der Waals surface area contributed by atoms with Gasteiger partial charge in [0, 0.05) is 41.0 Å². The van der Waals surface area contributed by atoms with Gasteiger partial charge in [-0.15, -0.1) is 0 Å². The molecule has 1 aliphatic heterocycles. The van der Waals surface area contributed by atoms with E-state index >= 15 is 0 Å². The fourth-order valence-corrected chi connectivity index (χ4v) is 4.52. The zero-order chi connectivity index (χ0) is 26.4. The number of amides is 3. The van der Waals surface area contributed by atoms with E-state index in [2.05, 4.69) is 16.0 Å². The first kappa shape index (κ1) is 26.1. The number of anilines is 2. The zero-order valence-electron chi connectivity index (χ0n) is 19.6. The summed E-state index contributed by atoms with van der Waals surface area (Å²) in [4.78, 5) is 36.6. The van der Waals surface area contributed by atoms with Crippen LogP contribution in [0.1, 0.15) is 23.1 Å². The lowest BCUT2D eigenvalue weighted by Crippen LogP contribution is -2.35. The highest BCUT2D eigenvalue weighted by molar-refractivity contribution is 6.36. The number of carbonyl (C=O) groups excluding carboxylic acids is 3. The van der Waals surface area contributed by atoms with Crippen LogP contribution in [0.25, 0.3) is 5.57 Å². The Morgan fingerprint density at radius 3 is 2.46 bits per heavy atom. The highest BCUT2D eigenvalue weighted by Crippen LogP contribution is 2.40. The van der Waals surface area contributed by atoms with Gasteiger partial charge in [-0.3, -0.25) is 4.79 Å². The molecule has 1 unspecified atom stereocenters. The predicted octanol–water partition coefficient (Wildman–Crippen LogP) is 5.11. The number of ether oxygens (including phenoxy) is 1.